The van der Waals surface area contributed by atoms with Gasteiger partial charge in [-0.25, -0.2) is 0 Å². The largest absolute Gasteiger partial charge is 0.497 e. The van der Waals surface area contributed by atoms with Crippen molar-refractivity contribution >= 4 is 17.4 Å². The van der Waals surface area contributed by atoms with Crippen LogP contribution in [-0.2, 0) is 9.59 Å². The molecule has 1 unspecified atom stereocenters. The number of aryl methyl sites for hydroxylation is 2. The highest BCUT2D eigenvalue weighted by molar-refractivity contribution is 6.07. The van der Waals surface area contributed by atoms with Crippen molar-refractivity contribution in [1.29, 1.82) is 0 Å². The Kier molecular flexibility index (Phi) is 5.37. The molecule has 4 rings (SSSR count). The molecule has 0 bridgehead atoms. The molecule has 2 aromatic carbocycles. The standard InChI is InChI=1S/C25H27NO4/c1-15-8-9-16(2)21(12-15)26-20-6-5-7-22(27)25(20)19(14-24(26)28)18-11-10-17(29-3)13-23(18)30-4/h8-13,19H,5-7,14H2,1-4H3. The van der Waals surface area contributed by atoms with E-state index in [0.717, 1.165) is 46.5 Å². The van der Waals surface area contributed by atoms with E-state index in [1.54, 1.807) is 19.1 Å². The number of carbonyl (C=O) groups excluding carboxylic acids is 2. The summed E-state index contributed by atoms with van der Waals surface area (Å²) in [6.45, 7) is 4.02. The second-order valence-corrected chi connectivity index (χ2v) is 8.02. The van der Waals surface area contributed by atoms with Crippen molar-refractivity contribution in [3.05, 3.63) is 64.4 Å². The fourth-order valence-corrected chi connectivity index (χ4v) is 4.60. The van der Waals surface area contributed by atoms with E-state index >= 15 is 0 Å². The van der Waals surface area contributed by atoms with Gasteiger partial charge in [-0.3, -0.25) is 14.5 Å². The first-order valence-corrected chi connectivity index (χ1v) is 10.3. The minimum atomic E-state index is -0.303. The van der Waals surface area contributed by atoms with Gasteiger partial charge in [0, 0.05) is 41.7 Å². The van der Waals surface area contributed by atoms with E-state index in [0.29, 0.717) is 17.9 Å². The maximum Gasteiger partial charge on any atom is 0.232 e. The Labute approximate surface area is 177 Å². The van der Waals surface area contributed by atoms with Crippen LogP contribution in [0.25, 0.3) is 0 Å². The number of allylic oxidation sites excluding steroid dienone is 2. The van der Waals surface area contributed by atoms with E-state index < -0.39 is 0 Å². The normalized spacial score (nSPS) is 19.1. The number of rotatable bonds is 4. The van der Waals surface area contributed by atoms with Gasteiger partial charge in [0.05, 0.1) is 19.9 Å². The van der Waals surface area contributed by atoms with Gasteiger partial charge in [0.2, 0.25) is 5.91 Å². The van der Waals surface area contributed by atoms with Gasteiger partial charge in [0.15, 0.2) is 5.78 Å². The molecule has 0 fully saturated rings. The van der Waals surface area contributed by atoms with Crippen molar-refractivity contribution in [1.82, 2.24) is 0 Å². The molecule has 1 atom stereocenters. The first-order valence-electron chi connectivity index (χ1n) is 10.3. The SMILES string of the molecule is COc1ccc(C2CC(=O)N(c3cc(C)ccc3C)C3=C2C(=O)CCC3)c(OC)c1. The van der Waals surface area contributed by atoms with Gasteiger partial charge in [-0.15, -0.1) is 0 Å². The molecule has 0 saturated heterocycles. The Morgan fingerprint density at radius 2 is 1.77 bits per heavy atom. The van der Waals surface area contributed by atoms with Crippen molar-refractivity contribution in [2.24, 2.45) is 0 Å². The zero-order chi connectivity index (χ0) is 21.4. The van der Waals surface area contributed by atoms with Crippen molar-refractivity contribution < 1.29 is 19.1 Å². The van der Waals surface area contributed by atoms with Gasteiger partial charge in [-0.2, -0.15) is 0 Å². The summed E-state index contributed by atoms with van der Waals surface area (Å²) >= 11 is 0. The summed E-state index contributed by atoms with van der Waals surface area (Å²) in [5, 5.41) is 0. The molecule has 30 heavy (non-hydrogen) atoms. The monoisotopic (exact) mass is 405 g/mol. The molecule has 1 amide bonds. The van der Waals surface area contributed by atoms with E-state index in [2.05, 4.69) is 0 Å². The average molecular weight is 405 g/mol. The van der Waals surface area contributed by atoms with Gasteiger partial charge in [-0.05, 0) is 49.9 Å². The summed E-state index contributed by atoms with van der Waals surface area (Å²) in [6.07, 6.45) is 2.23. The highest BCUT2D eigenvalue weighted by atomic mass is 16.5. The smallest absolute Gasteiger partial charge is 0.232 e. The minimum absolute atomic E-state index is 0.0139. The number of amides is 1. The van der Waals surface area contributed by atoms with Gasteiger partial charge in [0.1, 0.15) is 11.5 Å². The quantitative estimate of drug-likeness (QED) is 0.730. The second-order valence-electron chi connectivity index (χ2n) is 8.02. The van der Waals surface area contributed by atoms with E-state index in [1.807, 2.05) is 50.2 Å². The van der Waals surface area contributed by atoms with Crippen molar-refractivity contribution in [3.8, 4) is 11.5 Å². The lowest BCUT2D eigenvalue weighted by atomic mass is 9.76. The third kappa shape index (κ3) is 3.38. The zero-order valence-corrected chi connectivity index (χ0v) is 18.0. The summed E-state index contributed by atoms with van der Waals surface area (Å²) < 4.78 is 10.9. The van der Waals surface area contributed by atoms with E-state index in [-0.39, 0.29) is 24.0 Å². The number of ether oxygens (including phenoxy) is 2. The highest BCUT2D eigenvalue weighted by Crippen LogP contribution is 2.46. The van der Waals surface area contributed by atoms with Gasteiger partial charge < -0.3 is 9.47 Å². The van der Waals surface area contributed by atoms with Crippen LogP contribution in [0.1, 0.15) is 48.3 Å². The molecule has 0 aromatic heterocycles. The van der Waals surface area contributed by atoms with Crippen LogP contribution in [0.4, 0.5) is 5.69 Å². The molecule has 0 spiro atoms. The lowest BCUT2D eigenvalue weighted by Gasteiger charge is -2.39. The summed E-state index contributed by atoms with van der Waals surface area (Å²) in [4.78, 5) is 28.3. The summed E-state index contributed by atoms with van der Waals surface area (Å²) in [5.41, 5.74) is 5.45. The molecule has 2 aliphatic rings. The third-order valence-corrected chi connectivity index (χ3v) is 6.10. The summed E-state index contributed by atoms with van der Waals surface area (Å²) in [6, 6.07) is 11.7. The summed E-state index contributed by atoms with van der Waals surface area (Å²) in [7, 11) is 3.20. The number of carbonyl (C=O) groups is 2. The summed E-state index contributed by atoms with van der Waals surface area (Å²) in [5.74, 6) is 1.15. The Balaban J connectivity index is 1.89. The van der Waals surface area contributed by atoms with Crippen LogP contribution in [0, 0.1) is 13.8 Å². The first kappa shape index (κ1) is 20.2. The maximum absolute atomic E-state index is 13.4. The number of hydrogen-bond donors (Lipinski definition) is 0. The van der Waals surface area contributed by atoms with Crippen LogP contribution >= 0.6 is 0 Å². The van der Waals surface area contributed by atoms with Crippen LogP contribution in [0.15, 0.2) is 47.7 Å². The highest BCUT2D eigenvalue weighted by Gasteiger charge is 2.41. The lowest BCUT2D eigenvalue weighted by Crippen LogP contribution is -2.41. The Morgan fingerprint density at radius 1 is 0.967 bits per heavy atom. The number of nitrogens with zero attached hydrogens (tertiary/aromatic N) is 1. The molecular weight excluding hydrogens is 378 g/mol. The number of ketones is 1. The molecule has 5 heteroatoms. The van der Waals surface area contributed by atoms with Crippen LogP contribution < -0.4 is 14.4 Å². The maximum atomic E-state index is 13.4. The number of hydrogen-bond acceptors (Lipinski definition) is 4. The van der Waals surface area contributed by atoms with Crippen LogP contribution in [0.2, 0.25) is 0 Å². The van der Waals surface area contributed by atoms with Crippen molar-refractivity contribution in [2.75, 3.05) is 19.1 Å². The van der Waals surface area contributed by atoms with E-state index in [1.165, 1.54) is 0 Å². The van der Waals surface area contributed by atoms with E-state index in [9.17, 15) is 9.59 Å². The predicted molar refractivity (Wildman–Crippen MR) is 116 cm³/mol. The predicted octanol–water partition coefficient (Wildman–Crippen LogP) is 4.85. The molecule has 1 aliphatic carbocycles. The number of benzene rings is 2. The molecule has 0 N–H and O–H groups in total. The number of anilines is 1. The van der Waals surface area contributed by atoms with Gasteiger partial charge in [0.25, 0.3) is 0 Å². The van der Waals surface area contributed by atoms with Crippen molar-refractivity contribution in [3.63, 3.8) is 0 Å². The van der Waals surface area contributed by atoms with Crippen LogP contribution in [0.5, 0.6) is 11.5 Å². The topological polar surface area (TPSA) is 55.8 Å². The third-order valence-electron chi connectivity index (χ3n) is 6.10. The molecule has 2 aromatic rings. The molecule has 1 aliphatic heterocycles. The minimum Gasteiger partial charge on any atom is -0.497 e. The number of methoxy groups -OCH3 is 2. The average Bonchev–Trinajstić information content (AvgIpc) is 2.75. The molecule has 156 valence electrons. The molecular formula is C25H27NO4. The molecule has 5 nitrogen and oxygen atoms in total. The fourth-order valence-electron chi connectivity index (χ4n) is 4.60. The van der Waals surface area contributed by atoms with E-state index in [4.69, 9.17) is 9.47 Å². The van der Waals surface area contributed by atoms with Crippen molar-refractivity contribution in [2.45, 2.75) is 45.4 Å². The van der Waals surface area contributed by atoms with Gasteiger partial charge >= 0.3 is 0 Å². The fraction of sp³-hybridized carbons (Fsp3) is 0.360. The molecule has 1 heterocycles. The Bertz CT molecular complexity index is 1050. The lowest BCUT2D eigenvalue weighted by molar-refractivity contribution is -0.119. The zero-order valence-electron chi connectivity index (χ0n) is 18.0. The first-order chi connectivity index (χ1) is 14.4. The molecule has 0 saturated carbocycles. The molecule has 0 radical (unpaired) electrons. The Hall–Kier alpha value is -3.08. The Morgan fingerprint density at radius 3 is 2.50 bits per heavy atom. The van der Waals surface area contributed by atoms with Crippen LogP contribution in [0.3, 0.4) is 0 Å². The second kappa shape index (κ2) is 7.98. The van der Waals surface area contributed by atoms with Gasteiger partial charge in [-0.1, -0.05) is 18.2 Å². The van der Waals surface area contributed by atoms with Crippen LogP contribution in [-0.4, -0.2) is 25.9 Å². The number of Topliss-reactive ketones (excluding diaryl/α,β-unsaturated/α-hetero) is 1.